The second-order valence-corrected chi connectivity index (χ2v) is 7.90. The van der Waals surface area contributed by atoms with Crippen molar-refractivity contribution >= 4 is 23.2 Å². The molecule has 0 saturated carbocycles. The van der Waals surface area contributed by atoms with E-state index in [4.69, 9.17) is 16.4 Å². The molecule has 2 heterocycles. The van der Waals surface area contributed by atoms with Crippen LogP contribution in [-0.4, -0.2) is 34.0 Å². The second kappa shape index (κ2) is 8.78. The maximum absolute atomic E-state index is 12.7. The Morgan fingerprint density at radius 1 is 1.36 bits per heavy atom. The Labute approximate surface area is 170 Å². The number of aryl methyl sites for hydroxylation is 1. The van der Waals surface area contributed by atoms with E-state index in [9.17, 15) is 4.79 Å². The number of nitrogens with zero attached hydrogens (tertiary/aromatic N) is 3. The molecule has 6 nitrogen and oxygen atoms in total. The van der Waals surface area contributed by atoms with Crippen LogP contribution in [0.4, 0.5) is 0 Å². The van der Waals surface area contributed by atoms with Crippen LogP contribution in [0.2, 0.25) is 5.02 Å². The number of halogens is 1. The van der Waals surface area contributed by atoms with Gasteiger partial charge in [-0.05, 0) is 51.0 Å². The summed E-state index contributed by atoms with van der Waals surface area (Å²) < 4.78 is 1.75. The SMILES string of the molecule is CCC1C(CNC(=O)c2cc(C)nn2C(C)C)=NOC1Cc1cccc(Cl)c1. The number of hydrogen-bond acceptors (Lipinski definition) is 4. The first-order valence-corrected chi connectivity index (χ1v) is 10.1. The number of hydrogen-bond donors (Lipinski definition) is 1. The van der Waals surface area contributed by atoms with Crippen LogP contribution in [0.1, 0.15) is 55.0 Å². The van der Waals surface area contributed by atoms with Crippen molar-refractivity contribution in [2.75, 3.05) is 6.54 Å². The highest BCUT2D eigenvalue weighted by atomic mass is 35.5. The fourth-order valence-electron chi connectivity index (χ4n) is 3.57. The third kappa shape index (κ3) is 4.55. The van der Waals surface area contributed by atoms with Crippen LogP contribution in [0, 0.1) is 12.8 Å². The molecule has 0 bridgehead atoms. The highest BCUT2D eigenvalue weighted by Crippen LogP contribution is 2.26. The molecule has 28 heavy (non-hydrogen) atoms. The number of nitrogens with one attached hydrogen (secondary N) is 1. The summed E-state index contributed by atoms with van der Waals surface area (Å²) in [5.41, 5.74) is 3.38. The molecule has 1 N–H and O–H groups in total. The van der Waals surface area contributed by atoms with Crippen LogP contribution in [-0.2, 0) is 11.3 Å². The average Bonchev–Trinajstić information content (AvgIpc) is 3.23. The molecule has 2 atom stereocenters. The molecule has 1 amide bonds. The summed E-state index contributed by atoms with van der Waals surface area (Å²) in [6.07, 6.45) is 1.58. The zero-order chi connectivity index (χ0) is 20.3. The Morgan fingerprint density at radius 3 is 2.82 bits per heavy atom. The Bertz CT molecular complexity index is 875. The zero-order valence-corrected chi connectivity index (χ0v) is 17.5. The molecular weight excluding hydrogens is 376 g/mol. The van der Waals surface area contributed by atoms with Gasteiger partial charge in [-0.3, -0.25) is 9.48 Å². The summed E-state index contributed by atoms with van der Waals surface area (Å²) in [4.78, 5) is 18.4. The Hall–Kier alpha value is -2.34. The largest absolute Gasteiger partial charge is 0.391 e. The summed E-state index contributed by atoms with van der Waals surface area (Å²) in [5.74, 6) is 0.0150. The number of oxime groups is 1. The first kappa shape index (κ1) is 20.4. The summed E-state index contributed by atoms with van der Waals surface area (Å²) in [6.45, 7) is 8.37. The minimum absolute atomic E-state index is 0.0428. The van der Waals surface area contributed by atoms with Gasteiger partial charge in [0.05, 0.1) is 18.0 Å². The molecule has 0 saturated heterocycles. The molecule has 1 aliphatic rings. The standard InChI is InChI=1S/C21H27ClN4O2/c1-5-17-18(25-28-20(17)11-15-7-6-8-16(22)10-15)12-23-21(27)19-9-14(4)24-26(19)13(2)3/h6-10,13,17,20H,5,11-12H2,1-4H3,(H,23,27). The van der Waals surface area contributed by atoms with Crippen LogP contribution in [0.25, 0.3) is 0 Å². The van der Waals surface area contributed by atoms with Gasteiger partial charge in [-0.25, -0.2) is 0 Å². The monoisotopic (exact) mass is 402 g/mol. The minimum atomic E-state index is -0.148. The van der Waals surface area contributed by atoms with Gasteiger partial charge in [0.2, 0.25) is 0 Å². The molecule has 2 aromatic rings. The predicted octanol–water partition coefficient (Wildman–Crippen LogP) is 4.18. The summed E-state index contributed by atoms with van der Waals surface area (Å²) in [7, 11) is 0. The van der Waals surface area contributed by atoms with Gasteiger partial charge in [-0.15, -0.1) is 0 Å². The maximum atomic E-state index is 12.7. The number of benzene rings is 1. The molecule has 0 aliphatic carbocycles. The van der Waals surface area contributed by atoms with Crippen molar-refractivity contribution in [1.29, 1.82) is 0 Å². The van der Waals surface area contributed by atoms with Crippen molar-refractivity contribution in [3.8, 4) is 0 Å². The van der Waals surface area contributed by atoms with Crippen LogP contribution in [0.5, 0.6) is 0 Å². The van der Waals surface area contributed by atoms with Crippen LogP contribution in [0.15, 0.2) is 35.5 Å². The minimum Gasteiger partial charge on any atom is -0.391 e. The second-order valence-electron chi connectivity index (χ2n) is 7.47. The lowest BCUT2D eigenvalue weighted by molar-refractivity contribution is 0.0614. The van der Waals surface area contributed by atoms with Crippen LogP contribution < -0.4 is 5.32 Å². The predicted molar refractivity (Wildman–Crippen MR) is 111 cm³/mol. The summed E-state index contributed by atoms with van der Waals surface area (Å²) in [5, 5.41) is 12.4. The lowest BCUT2D eigenvalue weighted by atomic mass is 9.90. The summed E-state index contributed by atoms with van der Waals surface area (Å²) >= 11 is 6.08. The van der Waals surface area contributed by atoms with Crippen molar-refractivity contribution in [3.63, 3.8) is 0 Å². The van der Waals surface area contributed by atoms with Crippen molar-refractivity contribution in [2.24, 2.45) is 11.1 Å². The quantitative estimate of drug-likeness (QED) is 0.755. The molecule has 1 aromatic carbocycles. The van der Waals surface area contributed by atoms with Crippen LogP contribution in [0.3, 0.4) is 0 Å². The van der Waals surface area contributed by atoms with E-state index in [2.05, 4.69) is 22.5 Å². The number of amides is 1. The molecular formula is C21H27ClN4O2. The van der Waals surface area contributed by atoms with E-state index in [1.807, 2.05) is 51.1 Å². The van der Waals surface area contributed by atoms with E-state index in [0.717, 1.165) is 29.8 Å². The van der Waals surface area contributed by atoms with E-state index >= 15 is 0 Å². The number of carbonyl (C=O) groups excluding carboxylic acids is 1. The van der Waals surface area contributed by atoms with Gasteiger partial charge in [0.1, 0.15) is 11.8 Å². The lowest BCUT2D eigenvalue weighted by Gasteiger charge is -2.18. The zero-order valence-electron chi connectivity index (χ0n) is 16.8. The van der Waals surface area contributed by atoms with Gasteiger partial charge in [-0.1, -0.05) is 35.8 Å². The van der Waals surface area contributed by atoms with E-state index in [0.29, 0.717) is 17.3 Å². The Morgan fingerprint density at radius 2 is 2.14 bits per heavy atom. The van der Waals surface area contributed by atoms with E-state index in [1.165, 1.54) is 0 Å². The Balaban J connectivity index is 1.62. The molecule has 0 spiro atoms. The third-order valence-electron chi connectivity index (χ3n) is 4.96. The Kier molecular flexibility index (Phi) is 6.39. The van der Waals surface area contributed by atoms with Crippen LogP contribution >= 0.6 is 11.6 Å². The van der Waals surface area contributed by atoms with E-state index in [1.54, 1.807) is 4.68 Å². The van der Waals surface area contributed by atoms with Gasteiger partial charge in [-0.2, -0.15) is 5.10 Å². The van der Waals surface area contributed by atoms with Gasteiger partial charge < -0.3 is 10.2 Å². The third-order valence-corrected chi connectivity index (χ3v) is 5.19. The van der Waals surface area contributed by atoms with Crippen molar-refractivity contribution in [1.82, 2.24) is 15.1 Å². The topological polar surface area (TPSA) is 68.5 Å². The molecule has 0 fully saturated rings. The summed E-state index contributed by atoms with van der Waals surface area (Å²) in [6, 6.07) is 9.71. The van der Waals surface area contributed by atoms with E-state index in [-0.39, 0.29) is 24.0 Å². The van der Waals surface area contributed by atoms with Crippen molar-refractivity contribution < 1.29 is 9.63 Å². The van der Waals surface area contributed by atoms with Crippen molar-refractivity contribution in [3.05, 3.63) is 52.3 Å². The van der Waals surface area contributed by atoms with Gasteiger partial charge >= 0.3 is 0 Å². The molecule has 150 valence electrons. The maximum Gasteiger partial charge on any atom is 0.269 e. The first-order valence-electron chi connectivity index (χ1n) is 9.70. The smallest absolute Gasteiger partial charge is 0.269 e. The molecule has 1 aromatic heterocycles. The molecule has 7 heteroatoms. The first-order chi connectivity index (χ1) is 13.4. The molecule has 3 rings (SSSR count). The van der Waals surface area contributed by atoms with Crippen molar-refractivity contribution in [2.45, 2.75) is 52.7 Å². The molecule has 2 unspecified atom stereocenters. The highest BCUT2D eigenvalue weighted by molar-refractivity contribution is 6.30. The fraction of sp³-hybridized carbons (Fsp3) is 0.476. The normalized spacial score (nSPS) is 18.9. The highest BCUT2D eigenvalue weighted by Gasteiger charge is 2.33. The average molecular weight is 403 g/mol. The number of carbonyl (C=O) groups is 1. The fourth-order valence-corrected chi connectivity index (χ4v) is 3.78. The molecule has 0 radical (unpaired) electrons. The number of aromatic nitrogens is 2. The lowest BCUT2D eigenvalue weighted by Crippen LogP contribution is -2.35. The van der Waals surface area contributed by atoms with E-state index < -0.39 is 0 Å². The van der Waals surface area contributed by atoms with Gasteiger partial charge in [0.25, 0.3) is 5.91 Å². The van der Waals surface area contributed by atoms with Gasteiger partial charge in [0.15, 0.2) is 0 Å². The number of rotatable bonds is 7. The van der Waals surface area contributed by atoms with Gasteiger partial charge in [0, 0.05) is 23.4 Å². The molecule has 1 aliphatic heterocycles.